The van der Waals surface area contributed by atoms with Crippen molar-refractivity contribution >= 4 is 35.2 Å². The summed E-state index contributed by atoms with van der Waals surface area (Å²) in [6.07, 6.45) is 0.686. The highest BCUT2D eigenvalue weighted by molar-refractivity contribution is 6.42. The molecule has 27 heavy (non-hydrogen) atoms. The molecule has 0 aromatic heterocycles. The Balaban J connectivity index is 1.86. The van der Waals surface area contributed by atoms with E-state index < -0.39 is 6.09 Å². The summed E-state index contributed by atoms with van der Waals surface area (Å²) in [4.78, 5) is 28.0. The molecule has 2 saturated heterocycles. The molecule has 0 aliphatic carbocycles. The van der Waals surface area contributed by atoms with Crippen LogP contribution in [0, 0.1) is 5.92 Å². The molecular weight excluding hydrogens is 389 g/mol. The van der Waals surface area contributed by atoms with Gasteiger partial charge < -0.3 is 20.2 Å². The third-order valence-corrected chi connectivity index (χ3v) is 6.39. The number of carbonyl (C=O) groups is 2. The number of carboxylic acid groups (broad SMARTS) is 1. The average Bonchev–Trinajstić information content (AvgIpc) is 3.09. The fourth-order valence-corrected chi connectivity index (χ4v) is 4.50. The summed E-state index contributed by atoms with van der Waals surface area (Å²) in [7, 11) is 0. The van der Waals surface area contributed by atoms with Crippen molar-refractivity contribution in [1.82, 2.24) is 15.1 Å². The van der Waals surface area contributed by atoms with Crippen LogP contribution in [-0.4, -0.2) is 65.7 Å². The van der Waals surface area contributed by atoms with Crippen molar-refractivity contribution in [3.05, 3.63) is 33.8 Å². The number of piperidine rings is 1. The molecule has 2 aliphatic heterocycles. The predicted octanol–water partition coefficient (Wildman–Crippen LogP) is 3.29. The number of hydrogen-bond acceptors (Lipinski definition) is 3. The second kappa shape index (κ2) is 8.67. The molecule has 2 heterocycles. The molecule has 2 fully saturated rings. The van der Waals surface area contributed by atoms with Crippen LogP contribution in [0.1, 0.15) is 31.2 Å². The number of carbonyl (C=O) groups excluding carboxylic acids is 1. The van der Waals surface area contributed by atoms with Gasteiger partial charge in [-0.15, -0.1) is 0 Å². The van der Waals surface area contributed by atoms with Crippen molar-refractivity contribution in [3.63, 3.8) is 0 Å². The van der Waals surface area contributed by atoms with E-state index in [9.17, 15) is 14.7 Å². The molecule has 0 unspecified atom stereocenters. The minimum absolute atomic E-state index is 0.0133. The van der Waals surface area contributed by atoms with Crippen LogP contribution in [-0.2, 0) is 4.79 Å². The molecular formula is C19H25Cl2N3O3. The summed E-state index contributed by atoms with van der Waals surface area (Å²) >= 11 is 12.2. The van der Waals surface area contributed by atoms with Gasteiger partial charge >= 0.3 is 6.09 Å². The zero-order chi connectivity index (χ0) is 19.6. The van der Waals surface area contributed by atoms with E-state index in [-0.39, 0.29) is 23.8 Å². The van der Waals surface area contributed by atoms with E-state index in [0.29, 0.717) is 29.7 Å². The first-order valence-corrected chi connectivity index (χ1v) is 10.1. The minimum Gasteiger partial charge on any atom is -0.465 e. The Morgan fingerprint density at radius 2 is 1.93 bits per heavy atom. The van der Waals surface area contributed by atoms with Gasteiger partial charge in [0.25, 0.3) is 0 Å². The summed E-state index contributed by atoms with van der Waals surface area (Å²) in [5.74, 6) is 0.0198. The van der Waals surface area contributed by atoms with Crippen LogP contribution in [0.5, 0.6) is 0 Å². The molecule has 0 bridgehead atoms. The summed E-state index contributed by atoms with van der Waals surface area (Å²) in [5.41, 5.74) is 0.912. The number of likely N-dealkylation sites (tertiary alicyclic amines) is 1. The van der Waals surface area contributed by atoms with Gasteiger partial charge in [-0.1, -0.05) is 29.3 Å². The Labute approximate surface area is 169 Å². The highest BCUT2D eigenvalue weighted by atomic mass is 35.5. The van der Waals surface area contributed by atoms with E-state index in [2.05, 4.69) is 5.32 Å². The lowest BCUT2D eigenvalue weighted by molar-refractivity contribution is -0.135. The molecule has 1 aromatic rings. The van der Waals surface area contributed by atoms with Crippen LogP contribution in [0.15, 0.2) is 18.2 Å². The van der Waals surface area contributed by atoms with E-state index >= 15 is 0 Å². The SMILES string of the molecule is CCN(C(=O)O)[C@@H]1CN(C(=O)C2CCNCC2)C[C@H]1c1ccc(Cl)c(Cl)c1. The van der Waals surface area contributed by atoms with Crippen LogP contribution >= 0.6 is 23.2 Å². The largest absolute Gasteiger partial charge is 0.465 e. The zero-order valence-corrected chi connectivity index (χ0v) is 16.8. The van der Waals surface area contributed by atoms with Gasteiger partial charge in [-0.05, 0) is 50.6 Å². The number of benzene rings is 1. The Kier molecular flexibility index (Phi) is 6.50. The molecule has 1 aromatic carbocycles. The molecule has 2 atom stereocenters. The summed E-state index contributed by atoms with van der Waals surface area (Å²) in [6.45, 7) is 4.79. The van der Waals surface area contributed by atoms with Gasteiger partial charge in [0.1, 0.15) is 0 Å². The average molecular weight is 414 g/mol. The molecule has 0 saturated carbocycles. The first kappa shape index (κ1) is 20.2. The summed E-state index contributed by atoms with van der Waals surface area (Å²) in [6, 6.07) is 5.09. The topological polar surface area (TPSA) is 72.9 Å². The monoisotopic (exact) mass is 413 g/mol. The minimum atomic E-state index is -0.969. The Morgan fingerprint density at radius 1 is 1.22 bits per heavy atom. The lowest BCUT2D eigenvalue weighted by Crippen LogP contribution is -2.45. The lowest BCUT2D eigenvalue weighted by Gasteiger charge is -2.29. The Bertz CT molecular complexity index is 709. The third kappa shape index (κ3) is 4.33. The Morgan fingerprint density at radius 3 is 2.52 bits per heavy atom. The molecule has 8 heteroatoms. The van der Waals surface area contributed by atoms with Crippen molar-refractivity contribution in [2.45, 2.75) is 31.7 Å². The van der Waals surface area contributed by atoms with E-state index in [1.807, 2.05) is 17.9 Å². The van der Waals surface area contributed by atoms with E-state index in [1.165, 1.54) is 4.90 Å². The fourth-order valence-electron chi connectivity index (χ4n) is 4.19. The number of hydrogen-bond donors (Lipinski definition) is 2. The second-order valence-electron chi connectivity index (χ2n) is 7.18. The van der Waals surface area contributed by atoms with E-state index in [0.717, 1.165) is 31.5 Å². The van der Waals surface area contributed by atoms with Gasteiger partial charge in [-0.2, -0.15) is 0 Å². The maximum Gasteiger partial charge on any atom is 0.407 e. The third-order valence-electron chi connectivity index (χ3n) is 5.65. The van der Waals surface area contributed by atoms with Gasteiger partial charge in [0, 0.05) is 31.5 Å². The molecule has 2 amide bonds. The number of nitrogens with zero attached hydrogens (tertiary/aromatic N) is 2. The van der Waals surface area contributed by atoms with Gasteiger partial charge in [-0.3, -0.25) is 4.79 Å². The van der Waals surface area contributed by atoms with Crippen LogP contribution in [0.25, 0.3) is 0 Å². The quantitative estimate of drug-likeness (QED) is 0.793. The summed E-state index contributed by atoms with van der Waals surface area (Å²) in [5, 5.41) is 13.8. The first-order chi connectivity index (χ1) is 12.9. The Hall–Kier alpha value is -1.50. The number of halogens is 2. The number of amides is 2. The van der Waals surface area contributed by atoms with Crippen molar-refractivity contribution in [3.8, 4) is 0 Å². The van der Waals surface area contributed by atoms with Crippen molar-refractivity contribution < 1.29 is 14.7 Å². The van der Waals surface area contributed by atoms with Crippen molar-refractivity contribution in [2.24, 2.45) is 5.92 Å². The molecule has 6 nitrogen and oxygen atoms in total. The van der Waals surface area contributed by atoms with Gasteiger partial charge in [0.15, 0.2) is 0 Å². The molecule has 148 valence electrons. The smallest absolute Gasteiger partial charge is 0.407 e. The van der Waals surface area contributed by atoms with Crippen LogP contribution < -0.4 is 5.32 Å². The molecule has 3 rings (SSSR count). The van der Waals surface area contributed by atoms with E-state index in [4.69, 9.17) is 23.2 Å². The fraction of sp³-hybridized carbons (Fsp3) is 0.579. The maximum atomic E-state index is 13.0. The molecule has 2 aliphatic rings. The van der Waals surface area contributed by atoms with E-state index in [1.54, 1.807) is 12.1 Å². The molecule has 0 spiro atoms. The van der Waals surface area contributed by atoms with Gasteiger partial charge in [0.05, 0.1) is 16.1 Å². The van der Waals surface area contributed by atoms with Gasteiger partial charge in [0.2, 0.25) is 5.91 Å². The zero-order valence-electron chi connectivity index (χ0n) is 15.3. The predicted molar refractivity (Wildman–Crippen MR) is 106 cm³/mol. The molecule has 0 radical (unpaired) electrons. The highest BCUT2D eigenvalue weighted by Gasteiger charge is 2.42. The second-order valence-corrected chi connectivity index (χ2v) is 8.00. The maximum absolute atomic E-state index is 13.0. The lowest BCUT2D eigenvalue weighted by atomic mass is 9.93. The van der Waals surface area contributed by atoms with Crippen LogP contribution in [0.4, 0.5) is 4.79 Å². The standard InChI is InChI=1S/C19H25Cl2N3O3/c1-2-24(19(26)27)17-11-23(18(25)12-5-7-22-8-6-12)10-14(17)13-3-4-15(20)16(21)9-13/h3-4,9,12,14,17,22H,2,5-8,10-11H2,1H3,(H,26,27)/t14-,17+/m0/s1. The normalized spacial score (nSPS) is 23.4. The van der Waals surface area contributed by atoms with Crippen LogP contribution in [0.3, 0.4) is 0 Å². The number of rotatable bonds is 4. The first-order valence-electron chi connectivity index (χ1n) is 9.36. The molecule has 2 N–H and O–H groups in total. The van der Waals surface area contributed by atoms with Crippen molar-refractivity contribution in [2.75, 3.05) is 32.7 Å². The summed E-state index contributed by atoms with van der Waals surface area (Å²) < 4.78 is 0. The highest BCUT2D eigenvalue weighted by Crippen LogP contribution is 2.35. The van der Waals surface area contributed by atoms with Gasteiger partial charge in [-0.25, -0.2) is 4.79 Å². The number of nitrogens with one attached hydrogen (secondary N) is 1. The van der Waals surface area contributed by atoms with Crippen LogP contribution in [0.2, 0.25) is 10.0 Å². The van der Waals surface area contributed by atoms with Crippen molar-refractivity contribution in [1.29, 1.82) is 0 Å². The number of likely N-dealkylation sites (N-methyl/N-ethyl adjacent to an activating group) is 1.